The fourth-order valence-electron chi connectivity index (χ4n) is 3.51. The van der Waals surface area contributed by atoms with Crippen molar-refractivity contribution in [1.82, 2.24) is 4.90 Å². The molecule has 2 aliphatic rings. The van der Waals surface area contributed by atoms with Crippen molar-refractivity contribution in [1.29, 1.82) is 0 Å². The van der Waals surface area contributed by atoms with E-state index in [0.29, 0.717) is 24.7 Å². The Kier molecular flexibility index (Phi) is 5.23. The Bertz CT molecular complexity index is 823. The number of nitrogens with zero attached hydrogens (tertiary/aromatic N) is 1. The zero-order valence-electron chi connectivity index (χ0n) is 15.2. The second kappa shape index (κ2) is 7.79. The Morgan fingerprint density at radius 2 is 1.96 bits per heavy atom. The first-order valence-corrected chi connectivity index (χ1v) is 9.45. The minimum Gasteiger partial charge on any atom is -0.454 e. The molecular formula is C21H22ClNO4. The monoisotopic (exact) mass is 387 g/mol. The van der Waals surface area contributed by atoms with Gasteiger partial charge < -0.3 is 19.1 Å². The molecule has 1 saturated carbocycles. The summed E-state index contributed by atoms with van der Waals surface area (Å²) in [5.41, 5.74) is 2.19. The SMILES string of the molecule is COCCN(Cc1ccc2c(c1)OCO2)C(=O)C1CC1c1ccc(Cl)cc1. The molecule has 0 N–H and O–H groups in total. The van der Waals surface area contributed by atoms with Crippen LogP contribution in [-0.2, 0) is 16.1 Å². The minimum atomic E-state index is 0.0250. The summed E-state index contributed by atoms with van der Waals surface area (Å²) < 4.78 is 16.0. The van der Waals surface area contributed by atoms with Gasteiger partial charge in [0.25, 0.3) is 0 Å². The molecule has 2 aromatic carbocycles. The van der Waals surface area contributed by atoms with Crippen LogP contribution in [0.5, 0.6) is 11.5 Å². The lowest BCUT2D eigenvalue weighted by Gasteiger charge is -2.23. The molecule has 1 heterocycles. The Morgan fingerprint density at radius 3 is 2.74 bits per heavy atom. The Morgan fingerprint density at radius 1 is 1.19 bits per heavy atom. The molecule has 2 aromatic rings. The van der Waals surface area contributed by atoms with E-state index >= 15 is 0 Å². The van der Waals surface area contributed by atoms with Crippen molar-refractivity contribution in [2.45, 2.75) is 18.9 Å². The Hall–Kier alpha value is -2.24. The highest BCUT2D eigenvalue weighted by atomic mass is 35.5. The lowest BCUT2D eigenvalue weighted by atomic mass is 10.1. The first-order chi connectivity index (χ1) is 13.2. The number of amides is 1. The van der Waals surface area contributed by atoms with Crippen LogP contribution in [0, 0.1) is 5.92 Å². The summed E-state index contributed by atoms with van der Waals surface area (Å²) in [5.74, 6) is 1.95. The molecule has 2 atom stereocenters. The molecular weight excluding hydrogens is 366 g/mol. The summed E-state index contributed by atoms with van der Waals surface area (Å²) in [6.45, 7) is 1.85. The van der Waals surface area contributed by atoms with Gasteiger partial charge in [0, 0.05) is 31.1 Å². The van der Waals surface area contributed by atoms with Crippen LogP contribution in [0.3, 0.4) is 0 Å². The first-order valence-electron chi connectivity index (χ1n) is 9.07. The van der Waals surface area contributed by atoms with E-state index in [2.05, 4.69) is 0 Å². The van der Waals surface area contributed by atoms with Crippen LogP contribution in [0.1, 0.15) is 23.5 Å². The Balaban J connectivity index is 1.45. The van der Waals surface area contributed by atoms with Gasteiger partial charge in [0.05, 0.1) is 6.61 Å². The zero-order chi connectivity index (χ0) is 18.8. The van der Waals surface area contributed by atoms with Gasteiger partial charge in [-0.25, -0.2) is 0 Å². The van der Waals surface area contributed by atoms with E-state index in [9.17, 15) is 4.79 Å². The number of benzene rings is 2. The predicted molar refractivity (Wildman–Crippen MR) is 102 cm³/mol. The van der Waals surface area contributed by atoms with Gasteiger partial charge in [0.1, 0.15) is 0 Å². The fraction of sp³-hybridized carbons (Fsp3) is 0.381. The molecule has 1 aliphatic carbocycles. The molecule has 1 fully saturated rings. The number of carbonyl (C=O) groups is 1. The second-order valence-corrected chi connectivity index (χ2v) is 7.38. The van der Waals surface area contributed by atoms with E-state index in [1.54, 1.807) is 7.11 Å². The van der Waals surface area contributed by atoms with Crippen molar-refractivity contribution in [3.63, 3.8) is 0 Å². The van der Waals surface area contributed by atoms with Gasteiger partial charge in [-0.05, 0) is 47.7 Å². The lowest BCUT2D eigenvalue weighted by Crippen LogP contribution is -2.34. The van der Waals surface area contributed by atoms with Crippen LogP contribution in [0.2, 0.25) is 5.02 Å². The van der Waals surface area contributed by atoms with Gasteiger partial charge in [0.15, 0.2) is 11.5 Å². The number of ether oxygens (including phenoxy) is 3. The third-order valence-corrected chi connectivity index (χ3v) is 5.35. The van der Waals surface area contributed by atoms with E-state index in [0.717, 1.165) is 23.5 Å². The molecule has 0 saturated heterocycles. The number of halogens is 1. The normalized spacial score (nSPS) is 19.8. The van der Waals surface area contributed by atoms with Crippen LogP contribution in [0.15, 0.2) is 42.5 Å². The molecule has 4 rings (SSSR count). The summed E-state index contributed by atoms with van der Waals surface area (Å²) in [6, 6.07) is 13.6. The van der Waals surface area contributed by atoms with Crippen molar-refractivity contribution in [3.05, 3.63) is 58.6 Å². The summed E-state index contributed by atoms with van der Waals surface area (Å²) in [5, 5.41) is 0.715. The number of hydrogen-bond acceptors (Lipinski definition) is 4. The van der Waals surface area contributed by atoms with Gasteiger partial charge in [0.2, 0.25) is 12.7 Å². The molecule has 1 aliphatic heterocycles. The maximum absolute atomic E-state index is 13.1. The van der Waals surface area contributed by atoms with Gasteiger partial charge in [-0.15, -0.1) is 0 Å². The van der Waals surface area contributed by atoms with Crippen LogP contribution in [0.25, 0.3) is 0 Å². The average molecular weight is 388 g/mol. The third kappa shape index (κ3) is 4.04. The van der Waals surface area contributed by atoms with Gasteiger partial charge in [-0.3, -0.25) is 4.79 Å². The minimum absolute atomic E-state index is 0.0250. The highest BCUT2D eigenvalue weighted by Gasteiger charge is 2.45. The van der Waals surface area contributed by atoms with Crippen molar-refractivity contribution in [3.8, 4) is 11.5 Å². The van der Waals surface area contributed by atoms with E-state index < -0.39 is 0 Å². The van der Waals surface area contributed by atoms with Crippen molar-refractivity contribution >= 4 is 17.5 Å². The third-order valence-electron chi connectivity index (χ3n) is 5.09. The van der Waals surface area contributed by atoms with E-state index in [4.69, 9.17) is 25.8 Å². The maximum atomic E-state index is 13.1. The summed E-state index contributed by atoms with van der Waals surface area (Å²) in [4.78, 5) is 15.0. The van der Waals surface area contributed by atoms with E-state index in [1.807, 2.05) is 47.4 Å². The number of carbonyl (C=O) groups excluding carboxylic acids is 1. The summed E-state index contributed by atoms with van der Waals surface area (Å²) in [7, 11) is 1.65. The van der Waals surface area contributed by atoms with Crippen LogP contribution >= 0.6 is 11.6 Å². The van der Waals surface area contributed by atoms with Crippen LogP contribution < -0.4 is 9.47 Å². The largest absolute Gasteiger partial charge is 0.454 e. The van der Waals surface area contributed by atoms with E-state index in [-0.39, 0.29) is 24.5 Å². The highest BCUT2D eigenvalue weighted by molar-refractivity contribution is 6.30. The number of rotatable bonds is 7. The Labute approximate surface area is 163 Å². The van der Waals surface area contributed by atoms with Crippen LogP contribution in [-0.4, -0.2) is 37.9 Å². The predicted octanol–water partition coefficient (Wildman–Crippen LogP) is 3.85. The molecule has 2 unspecified atom stereocenters. The lowest BCUT2D eigenvalue weighted by molar-refractivity contribution is -0.134. The highest BCUT2D eigenvalue weighted by Crippen LogP contribution is 2.48. The standard InChI is InChI=1S/C21H22ClNO4/c1-25-9-8-23(12-14-2-7-19-20(10-14)27-13-26-19)21(24)18-11-17(18)15-3-5-16(22)6-4-15/h2-7,10,17-18H,8-9,11-13H2,1H3. The number of fused-ring (bicyclic) bond motifs is 1. The van der Waals surface area contributed by atoms with Crippen molar-refractivity contribution < 1.29 is 19.0 Å². The molecule has 27 heavy (non-hydrogen) atoms. The van der Waals surface area contributed by atoms with Gasteiger partial charge in [-0.1, -0.05) is 29.8 Å². The van der Waals surface area contributed by atoms with Crippen molar-refractivity contribution in [2.24, 2.45) is 5.92 Å². The first kappa shape index (κ1) is 18.1. The molecule has 5 nitrogen and oxygen atoms in total. The van der Waals surface area contributed by atoms with Gasteiger partial charge >= 0.3 is 0 Å². The molecule has 0 aromatic heterocycles. The molecule has 6 heteroatoms. The molecule has 142 valence electrons. The topological polar surface area (TPSA) is 48.0 Å². The quantitative estimate of drug-likeness (QED) is 0.724. The zero-order valence-corrected chi connectivity index (χ0v) is 15.9. The summed E-state index contributed by atoms with van der Waals surface area (Å²) >= 11 is 5.97. The molecule has 0 bridgehead atoms. The smallest absolute Gasteiger partial charge is 0.231 e. The second-order valence-electron chi connectivity index (χ2n) is 6.94. The van der Waals surface area contributed by atoms with Crippen LogP contribution in [0.4, 0.5) is 0 Å². The fourth-order valence-corrected chi connectivity index (χ4v) is 3.64. The maximum Gasteiger partial charge on any atom is 0.231 e. The average Bonchev–Trinajstić information content (AvgIpc) is 3.34. The summed E-state index contributed by atoms with van der Waals surface area (Å²) in [6.07, 6.45) is 0.880. The molecule has 0 radical (unpaired) electrons. The van der Waals surface area contributed by atoms with Crippen molar-refractivity contribution in [2.75, 3.05) is 27.1 Å². The van der Waals surface area contributed by atoms with E-state index in [1.165, 1.54) is 5.56 Å². The number of methoxy groups -OCH3 is 1. The molecule has 1 amide bonds. The molecule has 0 spiro atoms. The van der Waals surface area contributed by atoms with Gasteiger partial charge in [-0.2, -0.15) is 0 Å². The number of hydrogen-bond donors (Lipinski definition) is 0.